The lowest BCUT2D eigenvalue weighted by Crippen LogP contribution is -2.38. The minimum atomic E-state index is -0.00166. The second-order valence-electron chi connectivity index (χ2n) is 4.30. The molecule has 1 aliphatic heterocycles. The zero-order valence-electron chi connectivity index (χ0n) is 10.6. The predicted molar refractivity (Wildman–Crippen MR) is 80.7 cm³/mol. The molecule has 0 radical (unpaired) electrons. The standard InChI is InChI=1S/C13H17BrN2OS/c1-9-13(17)16(8-14)11-7-10(5-6-15-2)3-4-12(11)18-9/h3-4,7,9,15H,5-6,8H2,1-2H3. The molecule has 0 fully saturated rings. The summed E-state index contributed by atoms with van der Waals surface area (Å²) < 4.78 is 0. The van der Waals surface area contributed by atoms with Crippen molar-refractivity contribution in [3.8, 4) is 0 Å². The molecule has 1 unspecified atom stereocenters. The second kappa shape index (κ2) is 6.08. The molecule has 1 aliphatic rings. The molecule has 0 bridgehead atoms. The molecule has 1 aromatic carbocycles. The number of likely N-dealkylation sites (N-methyl/N-ethyl adjacent to an activating group) is 1. The minimum absolute atomic E-state index is 0.00166. The van der Waals surface area contributed by atoms with E-state index < -0.39 is 0 Å². The monoisotopic (exact) mass is 328 g/mol. The number of amides is 1. The topological polar surface area (TPSA) is 32.3 Å². The summed E-state index contributed by atoms with van der Waals surface area (Å²) >= 11 is 5.05. The first-order chi connectivity index (χ1) is 8.67. The molecule has 5 heteroatoms. The summed E-state index contributed by atoms with van der Waals surface area (Å²) in [4.78, 5) is 15.1. The van der Waals surface area contributed by atoms with E-state index in [1.807, 2.05) is 18.9 Å². The van der Waals surface area contributed by atoms with Gasteiger partial charge in [-0.1, -0.05) is 22.0 Å². The average Bonchev–Trinajstić information content (AvgIpc) is 2.38. The summed E-state index contributed by atoms with van der Waals surface area (Å²) in [5.41, 5.74) is 2.85. The first kappa shape index (κ1) is 13.9. The van der Waals surface area contributed by atoms with Gasteiger partial charge in [0.15, 0.2) is 0 Å². The van der Waals surface area contributed by atoms with Gasteiger partial charge in [-0.2, -0.15) is 0 Å². The molecule has 18 heavy (non-hydrogen) atoms. The summed E-state index contributed by atoms with van der Waals surface area (Å²) in [6.45, 7) is 2.91. The molecule has 98 valence electrons. The van der Waals surface area contributed by atoms with E-state index in [0.29, 0.717) is 5.45 Å². The maximum atomic E-state index is 12.1. The van der Waals surface area contributed by atoms with Gasteiger partial charge in [0.25, 0.3) is 0 Å². The molecule has 1 amide bonds. The highest BCUT2D eigenvalue weighted by Gasteiger charge is 2.29. The van der Waals surface area contributed by atoms with Crippen LogP contribution < -0.4 is 10.2 Å². The molecular weight excluding hydrogens is 312 g/mol. The molecule has 1 atom stereocenters. The third kappa shape index (κ3) is 2.73. The van der Waals surface area contributed by atoms with Crippen molar-refractivity contribution in [3.63, 3.8) is 0 Å². The third-order valence-corrected chi connectivity index (χ3v) is 4.67. The number of hydrogen-bond donors (Lipinski definition) is 1. The normalized spacial score (nSPS) is 18.9. The third-order valence-electron chi connectivity index (χ3n) is 3.01. The zero-order valence-corrected chi connectivity index (χ0v) is 13.0. The molecule has 0 saturated heterocycles. The maximum Gasteiger partial charge on any atom is 0.240 e. The van der Waals surface area contributed by atoms with Crippen LogP contribution in [0.5, 0.6) is 0 Å². The average molecular weight is 329 g/mol. The molecule has 0 saturated carbocycles. The zero-order chi connectivity index (χ0) is 13.1. The number of halogens is 1. The Labute approximate surface area is 120 Å². The molecule has 3 nitrogen and oxygen atoms in total. The first-order valence-corrected chi connectivity index (χ1v) is 7.99. The van der Waals surface area contributed by atoms with Gasteiger partial charge in [0.05, 0.1) is 16.4 Å². The molecule has 1 heterocycles. The van der Waals surface area contributed by atoms with E-state index in [1.54, 1.807) is 11.8 Å². The van der Waals surface area contributed by atoms with Crippen molar-refractivity contribution in [2.45, 2.75) is 23.5 Å². The van der Waals surface area contributed by atoms with E-state index in [0.717, 1.165) is 18.7 Å². The van der Waals surface area contributed by atoms with Crippen LogP contribution in [0.1, 0.15) is 12.5 Å². The van der Waals surface area contributed by atoms with Crippen LogP contribution >= 0.6 is 27.7 Å². The van der Waals surface area contributed by atoms with Crippen molar-refractivity contribution >= 4 is 39.3 Å². The molecule has 0 aromatic heterocycles. The van der Waals surface area contributed by atoms with Crippen LogP contribution in [0.15, 0.2) is 23.1 Å². The van der Waals surface area contributed by atoms with Crippen LogP contribution in [0.2, 0.25) is 0 Å². The van der Waals surface area contributed by atoms with Crippen LogP contribution in [-0.2, 0) is 11.2 Å². The highest BCUT2D eigenvalue weighted by molar-refractivity contribution is 9.09. The minimum Gasteiger partial charge on any atom is -0.319 e. The number of nitrogens with zero attached hydrogens (tertiary/aromatic N) is 1. The number of rotatable bonds is 4. The Morgan fingerprint density at radius 2 is 2.28 bits per heavy atom. The Balaban J connectivity index is 2.32. The number of fused-ring (bicyclic) bond motifs is 1. The van der Waals surface area contributed by atoms with Gasteiger partial charge >= 0.3 is 0 Å². The quantitative estimate of drug-likeness (QED) is 0.681. The van der Waals surface area contributed by atoms with Crippen molar-refractivity contribution in [1.82, 2.24) is 5.32 Å². The molecule has 0 spiro atoms. The van der Waals surface area contributed by atoms with Crippen LogP contribution in [0.4, 0.5) is 5.69 Å². The lowest BCUT2D eigenvalue weighted by atomic mass is 10.1. The lowest BCUT2D eigenvalue weighted by Gasteiger charge is -2.31. The van der Waals surface area contributed by atoms with Crippen molar-refractivity contribution in [2.75, 3.05) is 23.9 Å². The fraction of sp³-hybridized carbons (Fsp3) is 0.462. The largest absolute Gasteiger partial charge is 0.319 e. The molecule has 0 aliphatic carbocycles. The summed E-state index contributed by atoms with van der Waals surface area (Å²) in [7, 11) is 1.95. The van der Waals surface area contributed by atoms with Gasteiger partial charge in [0.2, 0.25) is 5.91 Å². The molecule has 2 rings (SSSR count). The van der Waals surface area contributed by atoms with E-state index >= 15 is 0 Å². The number of alkyl halides is 1. The van der Waals surface area contributed by atoms with Crippen LogP contribution in [-0.4, -0.2) is 30.2 Å². The fourth-order valence-electron chi connectivity index (χ4n) is 2.00. The second-order valence-corrected chi connectivity index (χ2v) is 6.19. The fourth-order valence-corrected chi connectivity index (χ4v) is 3.56. The lowest BCUT2D eigenvalue weighted by molar-refractivity contribution is -0.117. The number of benzene rings is 1. The van der Waals surface area contributed by atoms with Gasteiger partial charge in [0, 0.05) is 4.90 Å². The van der Waals surface area contributed by atoms with E-state index in [9.17, 15) is 4.79 Å². The molecule has 1 N–H and O–H groups in total. The summed E-state index contributed by atoms with van der Waals surface area (Å²) in [5.74, 6) is 0.176. The van der Waals surface area contributed by atoms with Crippen molar-refractivity contribution in [3.05, 3.63) is 23.8 Å². The Morgan fingerprint density at radius 3 is 2.94 bits per heavy atom. The Morgan fingerprint density at radius 1 is 1.50 bits per heavy atom. The van der Waals surface area contributed by atoms with Crippen LogP contribution in [0.25, 0.3) is 0 Å². The summed E-state index contributed by atoms with van der Waals surface area (Å²) in [6.07, 6.45) is 0.980. The maximum absolute atomic E-state index is 12.1. The highest BCUT2D eigenvalue weighted by Crippen LogP contribution is 2.39. The summed E-state index contributed by atoms with van der Waals surface area (Å²) in [5, 5.41) is 3.14. The van der Waals surface area contributed by atoms with Gasteiger partial charge in [-0.25, -0.2) is 0 Å². The van der Waals surface area contributed by atoms with Crippen molar-refractivity contribution in [1.29, 1.82) is 0 Å². The number of anilines is 1. The first-order valence-electron chi connectivity index (χ1n) is 5.99. The smallest absolute Gasteiger partial charge is 0.240 e. The molecule has 1 aromatic rings. The van der Waals surface area contributed by atoms with Gasteiger partial charge in [-0.05, 0) is 44.6 Å². The number of thioether (sulfide) groups is 1. The Kier molecular flexibility index (Phi) is 4.70. The highest BCUT2D eigenvalue weighted by atomic mass is 79.9. The van der Waals surface area contributed by atoms with Crippen molar-refractivity contribution < 1.29 is 4.79 Å². The van der Waals surface area contributed by atoms with Crippen LogP contribution in [0, 0.1) is 0 Å². The summed E-state index contributed by atoms with van der Waals surface area (Å²) in [6, 6.07) is 6.41. The Hall–Kier alpha value is -0.520. The van der Waals surface area contributed by atoms with E-state index in [1.165, 1.54) is 10.5 Å². The SMILES string of the molecule is CNCCc1ccc2c(c1)N(CBr)C(=O)C(C)S2. The van der Waals surface area contributed by atoms with Gasteiger partial charge < -0.3 is 5.32 Å². The molecular formula is C13H17BrN2OS. The number of carbonyl (C=O) groups is 1. The number of hydrogen-bond acceptors (Lipinski definition) is 3. The van der Waals surface area contributed by atoms with Crippen molar-refractivity contribution in [2.24, 2.45) is 0 Å². The van der Waals surface area contributed by atoms with Gasteiger partial charge in [-0.15, -0.1) is 11.8 Å². The van der Waals surface area contributed by atoms with E-state index in [-0.39, 0.29) is 11.2 Å². The van der Waals surface area contributed by atoms with Gasteiger partial charge in [-0.3, -0.25) is 9.69 Å². The van der Waals surface area contributed by atoms with Crippen LogP contribution in [0.3, 0.4) is 0 Å². The Bertz CT molecular complexity index is 453. The van der Waals surface area contributed by atoms with E-state index in [2.05, 4.69) is 39.4 Å². The van der Waals surface area contributed by atoms with Gasteiger partial charge in [0.1, 0.15) is 0 Å². The predicted octanol–water partition coefficient (Wildman–Crippen LogP) is 2.63. The number of nitrogens with one attached hydrogen (secondary N) is 1. The van der Waals surface area contributed by atoms with E-state index in [4.69, 9.17) is 0 Å². The number of carbonyl (C=O) groups excluding carboxylic acids is 1.